The molecule has 1 aliphatic carbocycles. The minimum Gasteiger partial charge on any atom is -0.488 e. The summed E-state index contributed by atoms with van der Waals surface area (Å²) in [7, 11) is 4.16. The topological polar surface area (TPSA) is 17.4 Å². The first-order chi connectivity index (χ1) is 13.1. The predicted molar refractivity (Wildman–Crippen MR) is 108 cm³/mol. The Balaban J connectivity index is 1.70. The van der Waals surface area contributed by atoms with Crippen molar-refractivity contribution in [1.82, 2.24) is 9.47 Å². The molecular formula is C23H27FN2O. The van der Waals surface area contributed by atoms with Crippen molar-refractivity contribution in [1.29, 1.82) is 0 Å². The van der Waals surface area contributed by atoms with Crippen LogP contribution in [-0.2, 0) is 19.6 Å². The fourth-order valence-corrected chi connectivity index (χ4v) is 3.55. The van der Waals surface area contributed by atoms with Gasteiger partial charge in [-0.3, -0.25) is 0 Å². The molecule has 0 atom stereocenters. The molecule has 0 amide bonds. The maximum absolute atomic E-state index is 14.4. The molecule has 3 nitrogen and oxygen atoms in total. The van der Waals surface area contributed by atoms with E-state index in [1.54, 1.807) is 6.07 Å². The van der Waals surface area contributed by atoms with Gasteiger partial charge in [0.15, 0.2) is 0 Å². The number of hydrogen-bond donors (Lipinski definition) is 0. The fourth-order valence-electron chi connectivity index (χ4n) is 3.55. The van der Waals surface area contributed by atoms with Crippen LogP contribution < -0.4 is 4.74 Å². The van der Waals surface area contributed by atoms with Crippen LogP contribution in [0.1, 0.15) is 24.0 Å². The van der Waals surface area contributed by atoms with Crippen LogP contribution >= 0.6 is 0 Å². The second-order valence-electron chi connectivity index (χ2n) is 7.88. The first-order valence-corrected chi connectivity index (χ1v) is 9.73. The molecule has 0 aliphatic heterocycles. The number of rotatable bonds is 8. The zero-order valence-corrected chi connectivity index (χ0v) is 16.1. The van der Waals surface area contributed by atoms with Crippen LogP contribution in [0.15, 0.2) is 48.7 Å². The van der Waals surface area contributed by atoms with Crippen molar-refractivity contribution in [3.63, 3.8) is 0 Å². The maximum Gasteiger partial charge on any atom is 0.132 e. The molecule has 1 heterocycles. The average molecular weight is 366 g/mol. The second-order valence-corrected chi connectivity index (χ2v) is 7.88. The Kier molecular flexibility index (Phi) is 5.17. The van der Waals surface area contributed by atoms with Crippen molar-refractivity contribution in [2.45, 2.75) is 32.4 Å². The summed E-state index contributed by atoms with van der Waals surface area (Å²) in [5.41, 5.74) is 3.28. The summed E-state index contributed by atoms with van der Waals surface area (Å²) in [5.74, 6) is 1.15. The van der Waals surface area contributed by atoms with Crippen molar-refractivity contribution < 1.29 is 9.13 Å². The number of hydrogen-bond acceptors (Lipinski definition) is 2. The first kappa shape index (κ1) is 18.1. The van der Waals surface area contributed by atoms with Gasteiger partial charge in [-0.25, -0.2) is 4.39 Å². The number of halogens is 1. The fraction of sp³-hybridized carbons (Fsp3) is 0.391. The molecule has 1 aromatic heterocycles. The van der Waals surface area contributed by atoms with Crippen LogP contribution in [0.2, 0.25) is 0 Å². The third kappa shape index (κ3) is 4.33. The van der Waals surface area contributed by atoms with E-state index in [1.165, 1.54) is 24.5 Å². The number of fused-ring (bicyclic) bond motifs is 1. The van der Waals surface area contributed by atoms with Crippen molar-refractivity contribution >= 4 is 10.9 Å². The molecule has 4 heteroatoms. The van der Waals surface area contributed by atoms with Crippen LogP contribution in [0.5, 0.6) is 5.75 Å². The molecule has 142 valence electrons. The van der Waals surface area contributed by atoms with E-state index < -0.39 is 0 Å². The summed E-state index contributed by atoms with van der Waals surface area (Å²) >= 11 is 0. The lowest BCUT2D eigenvalue weighted by Gasteiger charge is -2.12. The van der Waals surface area contributed by atoms with Crippen LogP contribution in [-0.4, -0.2) is 30.1 Å². The lowest BCUT2D eigenvalue weighted by molar-refractivity contribution is 0.308. The Bertz CT molecular complexity index is 913. The molecular weight excluding hydrogens is 339 g/mol. The van der Waals surface area contributed by atoms with Gasteiger partial charge in [0.05, 0.1) is 5.52 Å². The Morgan fingerprint density at radius 3 is 2.63 bits per heavy atom. The monoisotopic (exact) mass is 366 g/mol. The minimum absolute atomic E-state index is 0.236. The molecule has 0 bridgehead atoms. The van der Waals surface area contributed by atoms with Crippen LogP contribution in [0.3, 0.4) is 0 Å². The Labute approximate surface area is 160 Å². The smallest absolute Gasteiger partial charge is 0.132 e. The van der Waals surface area contributed by atoms with Gasteiger partial charge in [0.1, 0.15) is 18.2 Å². The van der Waals surface area contributed by atoms with Crippen molar-refractivity contribution in [2.24, 2.45) is 5.92 Å². The summed E-state index contributed by atoms with van der Waals surface area (Å²) in [6.45, 7) is 2.37. The summed E-state index contributed by atoms with van der Waals surface area (Å²) in [4.78, 5) is 2.18. The molecule has 0 N–H and O–H groups in total. The van der Waals surface area contributed by atoms with Gasteiger partial charge < -0.3 is 14.2 Å². The highest BCUT2D eigenvalue weighted by molar-refractivity contribution is 5.90. The highest BCUT2D eigenvalue weighted by Crippen LogP contribution is 2.37. The quantitative estimate of drug-likeness (QED) is 0.566. The zero-order chi connectivity index (χ0) is 18.8. The molecule has 0 saturated heterocycles. The Hall–Kier alpha value is -2.33. The van der Waals surface area contributed by atoms with Gasteiger partial charge in [0.2, 0.25) is 0 Å². The SMILES string of the molecule is CN(C)CCc1cn(CC2CC2)c2cc(F)cc(OCc3ccccc3)c12. The highest BCUT2D eigenvalue weighted by atomic mass is 19.1. The summed E-state index contributed by atoms with van der Waals surface area (Å²) in [6.07, 6.45) is 5.69. The van der Waals surface area contributed by atoms with E-state index in [9.17, 15) is 4.39 Å². The molecule has 0 radical (unpaired) electrons. The lowest BCUT2D eigenvalue weighted by Crippen LogP contribution is -2.15. The standard InChI is InChI=1S/C23H27FN2O/c1-25(2)11-10-19-15-26(14-17-8-9-17)21-12-20(24)13-22(23(19)21)27-16-18-6-4-3-5-7-18/h3-7,12-13,15,17H,8-11,14,16H2,1-2H3. The number of aromatic nitrogens is 1. The predicted octanol–water partition coefficient (Wildman–Crippen LogP) is 4.87. The number of ether oxygens (including phenoxy) is 1. The number of likely N-dealkylation sites (N-methyl/N-ethyl adjacent to an activating group) is 1. The molecule has 3 aromatic rings. The third-order valence-corrected chi connectivity index (χ3v) is 5.21. The zero-order valence-electron chi connectivity index (χ0n) is 16.1. The van der Waals surface area contributed by atoms with Gasteiger partial charge in [-0.15, -0.1) is 0 Å². The first-order valence-electron chi connectivity index (χ1n) is 9.73. The normalized spacial score (nSPS) is 14.2. The average Bonchev–Trinajstić information content (AvgIpc) is 3.40. The number of nitrogens with zero attached hydrogens (tertiary/aromatic N) is 2. The van der Waals surface area contributed by atoms with Crippen molar-refractivity contribution in [3.05, 3.63) is 65.6 Å². The Morgan fingerprint density at radius 1 is 1.15 bits per heavy atom. The van der Waals surface area contributed by atoms with Crippen molar-refractivity contribution in [3.8, 4) is 5.75 Å². The Morgan fingerprint density at radius 2 is 1.93 bits per heavy atom. The molecule has 1 fully saturated rings. The van der Waals surface area contributed by atoms with Gasteiger partial charge in [-0.05, 0) is 56.5 Å². The minimum atomic E-state index is -0.236. The highest BCUT2D eigenvalue weighted by Gasteiger charge is 2.24. The maximum atomic E-state index is 14.4. The van der Waals surface area contributed by atoms with E-state index in [0.29, 0.717) is 12.4 Å². The van der Waals surface area contributed by atoms with Gasteiger partial charge in [-0.1, -0.05) is 30.3 Å². The van der Waals surface area contributed by atoms with Crippen molar-refractivity contribution in [2.75, 3.05) is 20.6 Å². The lowest BCUT2D eigenvalue weighted by atomic mass is 10.1. The molecule has 27 heavy (non-hydrogen) atoms. The second kappa shape index (κ2) is 7.73. The summed E-state index contributed by atoms with van der Waals surface area (Å²) in [5, 5.41) is 1.06. The van der Waals surface area contributed by atoms with E-state index in [-0.39, 0.29) is 5.82 Å². The molecule has 1 saturated carbocycles. The van der Waals surface area contributed by atoms with E-state index >= 15 is 0 Å². The van der Waals surface area contributed by atoms with Gasteiger partial charge in [0, 0.05) is 30.7 Å². The molecule has 0 spiro atoms. The molecule has 4 rings (SSSR count). The van der Waals surface area contributed by atoms with Gasteiger partial charge in [0.25, 0.3) is 0 Å². The summed E-state index contributed by atoms with van der Waals surface area (Å²) < 4.78 is 22.7. The largest absolute Gasteiger partial charge is 0.488 e. The third-order valence-electron chi connectivity index (χ3n) is 5.21. The van der Waals surface area contributed by atoms with Crippen LogP contribution in [0.4, 0.5) is 4.39 Å². The van der Waals surface area contributed by atoms with E-state index in [0.717, 1.165) is 41.9 Å². The van der Waals surface area contributed by atoms with Crippen LogP contribution in [0.25, 0.3) is 10.9 Å². The van der Waals surface area contributed by atoms with E-state index in [2.05, 4.69) is 29.8 Å². The van der Waals surface area contributed by atoms with Gasteiger partial charge >= 0.3 is 0 Å². The summed E-state index contributed by atoms with van der Waals surface area (Å²) in [6, 6.07) is 13.2. The van der Waals surface area contributed by atoms with E-state index in [1.807, 2.05) is 30.3 Å². The number of benzene rings is 2. The van der Waals surface area contributed by atoms with Gasteiger partial charge in [-0.2, -0.15) is 0 Å². The molecule has 0 unspecified atom stereocenters. The molecule has 2 aromatic carbocycles. The van der Waals surface area contributed by atoms with Crippen LogP contribution in [0, 0.1) is 11.7 Å². The van der Waals surface area contributed by atoms with E-state index in [4.69, 9.17) is 4.74 Å². The molecule has 1 aliphatic rings.